The Morgan fingerprint density at radius 3 is 2.81 bits per heavy atom. The lowest BCUT2D eigenvalue weighted by Gasteiger charge is -2.33. The highest BCUT2D eigenvalue weighted by Crippen LogP contribution is 2.24. The lowest BCUT2D eigenvalue weighted by molar-refractivity contribution is -0.0230. The molecule has 1 aromatic carbocycles. The Hall–Kier alpha value is -1.79. The molecule has 1 unspecified atom stereocenters. The van der Waals surface area contributed by atoms with Crippen molar-refractivity contribution in [3.8, 4) is 0 Å². The van der Waals surface area contributed by atoms with Gasteiger partial charge in [-0.1, -0.05) is 28.1 Å². The molecule has 21 heavy (non-hydrogen) atoms. The molecule has 0 aliphatic carbocycles. The summed E-state index contributed by atoms with van der Waals surface area (Å²) in [4.78, 5) is 22.2. The summed E-state index contributed by atoms with van der Waals surface area (Å²) in [5.41, 5.74) is 1.43. The molecule has 6 heteroatoms. The van der Waals surface area contributed by atoms with Gasteiger partial charge >= 0.3 is 0 Å². The van der Waals surface area contributed by atoms with Crippen LogP contribution in [0.1, 0.15) is 22.2 Å². The van der Waals surface area contributed by atoms with Gasteiger partial charge in [-0.3, -0.25) is 9.78 Å². The van der Waals surface area contributed by atoms with Crippen molar-refractivity contribution in [1.29, 1.82) is 0 Å². The molecule has 1 aromatic heterocycles. The monoisotopic (exact) mass is 347 g/mol. The molecular formula is C15H14BrN3O2. The van der Waals surface area contributed by atoms with E-state index in [4.69, 9.17) is 4.74 Å². The van der Waals surface area contributed by atoms with Crippen LogP contribution in [0.2, 0.25) is 0 Å². The first-order valence-electron chi connectivity index (χ1n) is 6.66. The molecule has 2 aromatic rings. The van der Waals surface area contributed by atoms with Gasteiger partial charge in [0, 0.05) is 23.4 Å². The summed E-state index contributed by atoms with van der Waals surface area (Å²) in [6.45, 7) is 1.62. The minimum absolute atomic E-state index is 0.103. The summed E-state index contributed by atoms with van der Waals surface area (Å²) in [5.74, 6) is -0.103. The highest BCUT2D eigenvalue weighted by atomic mass is 79.9. The number of aromatic nitrogens is 2. The average molecular weight is 348 g/mol. The maximum Gasteiger partial charge on any atom is 0.274 e. The van der Waals surface area contributed by atoms with Gasteiger partial charge in [0.25, 0.3) is 5.91 Å². The van der Waals surface area contributed by atoms with E-state index in [0.29, 0.717) is 25.4 Å². The van der Waals surface area contributed by atoms with Crippen LogP contribution in [0.5, 0.6) is 0 Å². The summed E-state index contributed by atoms with van der Waals surface area (Å²) < 4.78 is 6.80. The van der Waals surface area contributed by atoms with Crippen molar-refractivity contribution in [2.24, 2.45) is 0 Å². The van der Waals surface area contributed by atoms with Gasteiger partial charge in [0.05, 0.1) is 19.3 Å². The van der Waals surface area contributed by atoms with Gasteiger partial charge in [0.15, 0.2) is 0 Å². The van der Waals surface area contributed by atoms with Crippen LogP contribution in [-0.2, 0) is 4.74 Å². The van der Waals surface area contributed by atoms with Crippen molar-refractivity contribution in [1.82, 2.24) is 14.9 Å². The zero-order chi connectivity index (χ0) is 14.7. The number of benzene rings is 1. The molecule has 1 fully saturated rings. The van der Waals surface area contributed by atoms with Crippen LogP contribution in [-0.4, -0.2) is 40.5 Å². The van der Waals surface area contributed by atoms with Crippen LogP contribution >= 0.6 is 15.9 Å². The van der Waals surface area contributed by atoms with E-state index in [-0.39, 0.29) is 12.0 Å². The molecule has 108 valence electrons. The maximum atomic E-state index is 12.4. The molecule has 1 atom stereocenters. The number of nitrogens with zero attached hydrogens (tertiary/aromatic N) is 3. The lowest BCUT2D eigenvalue weighted by atomic mass is 10.1. The van der Waals surface area contributed by atoms with Crippen LogP contribution in [0.25, 0.3) is 0 Å². The standard InChI is InChI=1S/C15H14BrN3O2/c16-12-3-1-11(2-4-12)14-10-19(7-8-21-14)15(20)13-9-17-5-6-18-13/h1-6,9,14H,7-8,10H2. The summed E-state index contributed by atoms with van der Waals surface area (Å²) in [7, 11) is 0. The van der Waals surface area contributed by atoms with Crippen LogP contribution < -0.4 is 0 Å². The van der Waals surface area contributed by atoms with E-state index in [2.05, 4.69) is 25.9 Å². The fourth-order valence-electron chi connectivity index (χ4n) is 2.28. The first-order valence-corrected chi connectivity index (χ1v) is 7.46. The first-order chi connectivity index (χ1) is 10.2. The van der Waals surface area contributed by atoms with Crippen molar-refractivity contribution in [2.75, 3.05) is 19.7 Å². The molecule has 0 bridgehead atoms. The summed E-state index contributed by atoms with van der Waals surface area (Å²) in [6, 6.07) is 7.96. The van der Waals surface area contributed by atoms with Crippen molar-refractivity contribution in [3.05, 3.63) is 58.6 Å². The highest BCUT2D eigenvalue weighted by Gasteiger charge is 2.26. The molecule has 1 saturated heterocycles. The molecule has 0 saturated carbocycles. The van der Waals surface area contributed by atoms with Gasteiger partial charge in [-0.05, 0) is 17.7 Å². The highest BCUT2D eigenvalue weighted by molar-refractivity contribution is 9.10. The van der Waals surface area contributed by atoms with Crippen molar-refractivity contribution >= 4 is 21.8 Å². The van der Waals surface area contributed by atoms with Gasteiger partial charge in [-0.15, -0.1) is 0 Å². The number of hydrogen-bond donors (Lipinski definition) is 0. The molecule has 1 aliphatic rings. The number of carbonyl (C=O) groups excluding carboxylic acids is 1. The van der Waals surface area contributed by atoms with E-state index in [1.807, 2.05) is 24.3 Å². The zero-order valence-corrected chi connectivity index (χ0v) is 12.9. The summed E-state index contributed by atoms with van der Waals surface area (Å²) >= 11 is 3.41. The molecule has 0 spiro atoms. The number of ether oxygens (including phenoxy) is 1. The second kappa shape index (κ2) is 6.32. The lowest BCUT2D eigenvalue weighted by Crippen LogP contribution is -2.42. The zero-order valence-electron chi connectivity index (χ0n) is 11.3. The maximum absolute atomic E-state index is 12.4. The van der Waals surface area contributed by atoms with E-state index in [9.17, 15) is 4.79 Å². The largest absolute Gasteiger partial charge is 0.370 e. The van der Waals surface area contributed by atoms with Gasteiger partial charge in [0.1, 0.15) is 11.8 Å². The number of amides is 1. The Balaban J connectivity index is 1.74. The fraction of sp³-hybridized carbons (Fsp3) is 0.267. The van der Waals surface area contributed by atoms with E-state index in [1.54, 1.807) is 11.1 Å². The van der Waals surface area contributed by atoms with Crippen LogP contribution in [0.4, 0.5) is 0 Å². The van der Waals surface area contributed by atoms with E-state index in [0.717, 1.165) is 10.0 Å². The second-order valence-corrected chi connectivity index (χ2v) is 5.67. The van der Waals surface area contributed by atoms with Gasteiger partial charge < -0.3 is 9.64 Å². The smallest absolute Gasteiger partial charge is 0.274 e. The van der Waals surface area contributed by atoms with Crippen molar-refractivity contribution in [2.45, 2.75) is 6.10 Å². The third-order valence-electron chi connectivity index (χ3n) is 3.38. The van der Waals surface area contributed by atoms with Crippen LogP contribution in [0, 0.1) is 0 Å². The SMILES string of the molecule is O=C(c1cnccn1)N1CCOC(c2ccc(Br)cc2)C1. The molecule has 2 heterocycles. The number of rotatable bonds is 2. The van der Waals surface area contributed by atoms with Crippen molar-refractivity contribution in [3.63, 3.8) is 0 Å². The Morgan fingerprint density at radius 2 is 2.10 bits per heavy atom. The number of hydrogen-bond acceptors (Lipinski definition) is 4. The topological polar surface area (TPSA) is 55.3 Å². The number of morpholine rings is 1. The molecular weight excluding hydrogens is 334 g/mol. The Bertz CT molecular complexity index is 619. The predicted molar refractivity (Wildman–Crippen MR) is 80.8 cm³/mol. The third-order valence-corrected chi connectivity index (χ3v) is 3.91. The molecule has 0 N–H and O–H groups in total. The van der Waals surface area contributed by atoms with Gasteiger partial charge in [-0.2, -0.15) is 0 Å². The van der Waals surface area contributed by atoms with E-state index >= 15 is 0 Å². The van der Waals surface area contributed by atoms with Crippen LogP contribution in [0.15, 0.2) is 47.3 Å². The minimum Gasteiger partial charge on any atom is -0.370 e. The van der Waals surface area contributed by atoms with E-state index < -0.39 is 0 Å². The summed E-state index contributed by atoms with van der Waals surface area (Å²) in [5, 5.41) is 0. The Labute approximate surface area is 131 Å². The predicted octanol–water partition coefficient (Wildman–Crippen LogP) is 2.45. The molecule has 1 amide bonds. The fourth-order valence-corrected chi connectivity index (χ4v) is 2.55. The molecule has 0 radical (unpaired) electrons. The minimum atomic E-state index is -0.104. The summed E-state index contributed by atoms with van der Waals surface area (Å²) in [6.07, 6.45) is 4.47. The third kappa shape index (κ3) is 3.28. The normalized spacial score (nSPS) is 18.5. The Kier molecular flexibility index (Phi) is 4.26. The Morgan fingerprint density at radius 1 is 1.29 bits per heavy atom. The van der Waals surface area contributed by atoms with Crippen molar-refractivity contribution < 1.29 is 9.53 Å². The molecule has 5 nitrogen and oxygen atoms in total. The average Bonchev–Trinajstić information content (AvgIpc) is 2.56. The number of halogens is 1. The second-order valence-electron chi connectivity index (χ2n) is 4.75. The van der Waals surface area contributed by atoms with Gasteiger partial charge in [0.2, 0.25) is 0 Å². The van der Waals surface area contributed by atoms with E-state index in [1.165, 1.54) is 12.4 Å². The van der Waals surface area contributed by atoms with Gasteiger partial charge in [-0.25, -0.2) is 4.98 Å². The quantitative estimate of drug-likeness (QED) is 0.837. The molecule has 1 aliphatic heterocycles. The number of carbonyl (C=O) groups is 1. The molecule has 3 rings (SSSR count). The first kappa shape index (κ1) is 14.2. The van der Waals surface area contributed by atoms with Crippen LogP contribution in [0.3, 0.4) is 0 Å².